The summed E-state index contributed by atoms with van der Waals surface area (Å²) in [5.41, 5.74) is 1.08. The van der Waals surface area contributed by atoms with E-state index in [4.69, 9.17) is 18.9 Å². The van der Waals surface area contributed by atoms with Gasteiger partial charge < -0.3 is 29.2 Å². The largest absolute Gasteiger partial charge is 0.444 e. The normalized spacial score (nSPS) is 22.7. The van der Waals surface area contributed by atoms with Gasteiger partial charge in [-0.15, -0.1) is 0 Å². The summed E-state index contributed by atoms with van der Waals surface area (Å²) in [6, 6.07) is 18.9. The van der Waals surface area contributed by atoms with Gasteiger partial charge >= 0.3 is 6.09 Å². The predicted octanol–water partition coefficient (Wildman–Crippen LogP) is 2.78. The van der Waals surface area contributed by atoms with Crippen LogP contribution in [-0.4, -0.2) is 67.0 Å². The summed E-state index contributed by atoms with van der Waals surface area (Å²) in [7, 11) is 0. The second kappa shape index (κ2) is 11.8. The van der Waals surface area contributed by atoms with Gasteiger partial charge in [-0.05, 0) is 18.1 Å². The minimum atomic E-state index is -1.33. The first kappa shape index (κ1) is 26.7. The molecule has 2 aromatic carbocycles. The van der Waals surface area contributed by atoms with Crippen molar-refractivity contribution in [1.29, 1.82) is 0 Å². The third kappa shape index (κ3) is 5.75. The Morgan fingerprint density at radius 1 is 1.05 bits per heavy atom. The Morgan fingerprint density at radius 2 is 1.74 bits per heavy atom. The minimum absolute atomic E-state index is 0.0910. The second-order valence-corrected chi connectivity index (χ2v) is 9.17. The predicted molar refractivity (Wildman–Crippen MR) is 138 cm³/mol. The molecular formula is C27H29N5O7. The van der Waals surface area contributed by atoms with E-state index in [2.05, 4.69) is 20.3 Å². The molecule has 0 spiro atoms. The first-order valence-electron chi connectivity index (χ1n) is 12.3. The summed E-state index contributed by atoms with van der Waals surface area (Å²) < 4.78 is 24.5. The molecule has 4 atom stereocenters. The molecule has 0 bridgehead atoms. The number of ether oxygens (including phenoxy) is 4. The molecule has 2 aromatic heterocycles. The highest BCUT2D eigenvalue weighted by Crippen LogP contribution is 2.42. The van der Waals surface area contributed by atoms with Crippen molar-refractivity contribution >= 4 is 23.1 Å². The van der Waals surface area contributed by atoms with Crippen molar-refractivity contribution in [2.45, 2.75) is 44.2 Å². The number of imidazole rings is 1. The molecule has 4 aromatic rings. The number of aromatic nitrogens is 4. The molecule has 0 aliphatic carbocycles. The fourth-order valence-electron chi connectivity index (χ4n) is 4.40. The number of carbonyl (C=O) groups is 1. The Morgan fingerprint density at radius 3 is 2.44 bits per heavy atom. The topological polar surface area (TPSA) is 150 Å². The van der Waals surface area contributed by atoms with Gasteiger partial charge in [0.05, 0.1) is 19.5 Å². The van der Waals surface area contributed by atoms with Crippen molar-refractivity contribution < 1.29 is 34.0 Å². The van der Waals surface area contributed by atoms with E-state index in [1.54, 1.807) is 11.5 Å². The quantitative estimate of drug-likeness (QED) is 0.204. The molecule has 1 unspecified atom stereocenters. The summed E-state index contributed by atoms with van der Waals surface area (Å²) in [5, 5.41) is 23.4. The van der Waals surface area contributed by atoms with Gasteiger partial charge in [-0.2, -0.15) is 0 Å². The molecule has 5 rings (SSSR count). The first-order valence-corrected chi connectivity index (χ1v) is 12.3. The monoisotopic (exact) mass is 535 g/mol. The van der Waals surface area contributed by atoms with Gasteiger partial charge in [-0.25, -0.2) is 19.7 Å². The zero-order valence-corrected chi connectivity index (χ0v) is 21.2. The molecule has 1 saturated heterocycles. The van der Waals surface area contributed by atoms with Crippen LogP contribution in [0.3, 0.4) is 0 Å². The number of nitrogens with zero attached hydrogens (tertiary/aromatic N) is 4. The number of hydrogen-bond donors (Lipinski definition) is 3. The Hall–Kier alpha value is -3.94. The summed E-state index contributed by atoms with van der Waals surface area (Å²) in [5.74, 6) is 0.142. The molecule has 1 amide bonds. The number of amides is 1. The summed E-state index contributed by atoms with van der Waals surface area (Å²) in [6.07, 6.45) is -1.02. The molecule has 1 aliphatic heterocycles. The van der Waals surface area contributed by atoms with E-state index < -0.39 is 36.7 Å². The zero-order chi connectivity index (χ0) is 27.2. The van der Waals surface area contributed by atoms with Crippen LogP contribution in [0.4, 0.5) is 10.6 Å². The van der Waals surface area contributed by atoms with Crippen molar-refractivity contribution in [2.75, 3.05) is 18.7 Å². The van der Waals surface area contributed by atoms with Crippen LogP contribution in [0.5, 0.6) is 0 Å². The lowest BCUT2D eigenvalue weighted by Crippen LogP contribution is -2.47. The molecule has 39 heavy (non-hydrogen) atoms. The van der Waals surface area contributed by atoms with Crippen LogP contribution >= 0.6 is 0 Å². The molecule has 1 aliphatic rings. The Kier molecular flexibility index (Phi) is 8.10. The highest BCUT2D eigenvalue weighted by atomic mass is 16.7. The number of fused-ring (bicyclic) bond motifs is 1. The van der Waals surface area contributed by atoms with Crippen molar-refractivity contribution in [1.82, 2.24) is 19.5 Å². The van der Waals surface area contributed by atoms with Crippen LogP contribution < -0.4 is 5.32 Å². The molecule has 204 valence electrons. The fraction of sp³-hybridized carbons (Fsp3) is 0.333. The van der Waals surface area contributed by atoms with Gasteiger partial charge in [0.1, 0.15) is 37.5 Å². The van der Waals surface area contributed by atoms with Crippen LogP contribution in [0.25, 0.3) is 11.2 Å². The van der Waals surface area contributed by atoms with Gasteiger partial charge in [-0.1, -0.05) is 60.7 Å². The van der Waals surface area contributed by atoms with Crippen LogP contribution in [0.15, 0.2) is 73.3 Å². The SMILES string of the molecule is C[C@]1(OCOCc2ccccc2)C(O)[C@@H](CO)O[C@H]1n1cnc2c(NC(=O)OCc3ccccc3)ncnc21. The molecule has 3 heterocycles. The van der Waals surface area contributed by atoms with Gasteiger partial charge in [0.2, 0.25) is 0 Å². The van der Waals surface area contributed by atoms with Gasteiger partial charge in [-0.3, -0.25) is 9.88 Å². The maximum atomic E-state index is 12.4. The van der Waals surface area contributed by atoms with Crippen LogP contribution in [0.2, 0.25) is 0 Å². The summed E-state index contributed by atoms with van der Waals surface area (Å²) >= 11 is 0. The zero-order valence-electron chi connectivity index (χ0n) is 21.2. The number of aliphatic hydroxyl groups is 2. The molecule has 12 nitrogen and oxygen atoms in total. The van der Waals surface area contributed by atoms with Crippen LogP contribution in [0, 0.1) is 0 Å². The van der Waals surface area contributed by atoms with E-state index in [-0.39, 0.29) is 24.7 Å². The van der Waals surface area contributed by atoms with E-state index in [1.807, 2.05) is 60.7 Å². The second-order valence-electron chi connectivity index (χ2n) is 9.17. The van der Waals surface area contributed by atoms with Crippen LogP contribution in [-0.2, 0) is 32.2 Å². The Balaban J connectivity index is 1.31. The van der Waals surface area contributed by atoms with Crippen molar-refractivity contribution in [3.63, 3.8) is 0 Å². The molecule has 0 saturated carbocycles. The minimum Gasteiger partial charge on any atom is -0.444 e. The van der Waals surface area contributed by atoms with Crippen molar-refractivity contribution in [2.24, 2.45) is 0 Å². The highest BCUT2D eigenvalue weighted by Gasteiger charge is 2.55. The number of rotatable bonds is 10. The van der Waals surface area contributed by atoms with Gasteiger partial charge in [0.25, 0.3) is 0 Å². The van der Waals surface area contributed by atoms with E-state index in [0.29, 0.717) is 12.3 Å². The number of anilines is 1. The lowest BCUT2D eigenvalue weighted by Gasteiger charge is -2.33. The first-order chi connectivity index (χ1) is 19.0. The molecular weight excluding hydrogens is 506 g/mol. The molecule has 1 fully saturated rings. The standard InChI is InChI=1S/C27H29N5O7/c1-27(38-17-36-13-18-8-4-2-5-9-18)22(34)20(12-33)39-25(27)32-16-30-21-23(28-15-29-24(21)32)31-26(35)37-14-19-10-6-3-7-11-19/h2-11,15-16,20,22,25,33-34H,12-14,17H2,1H3,(H,28,29,31,35)/t20-,22?,25-,27+/m1/s1. The summed E-state index contributed by atoms with van der Waals surface area (Å²) in [4.78, 5) is 25.2. The van der Waals surface area contributed by atoms with E-state index in [0.717, 1.165) is 11.1 Å². The third-order valence-corrected chi connectivity index (χ3v) is 6.52. The lowest BCUT2D eigenvalue weighted by atomic mass is 9.96. The number of benzene rings is 2. The number of hydrogen-bond acceptors (Lipinski definition) is 10. The van der Waals surface area contributed by atoms with Crippen molar-refractivity contribution in [3.8, 4) is 0 Å². The lowest BCUT2D eigenvalue weighted by molar-refractivity contribution is -0.196. The van der Waals surface area contributed by atoms with Crippen LogP contribution in [0.1, 0.15) is 24.3 Å². The molecule has 3 N–H and O–H groups in total. The average molecular weight is 536 g/mol. The Bertz CT molecular complexity index is 1390. The van der Waals surface area contributed by atoms with Crippen molar-refractivity contribution in [3.05, 3.63) is 84.4 Å². The number of carbonyl (C=O) groups excluding carboxylic acids is 1. The number of aliphatic hydroxyl groups excluding tert-OH is 2. The van der Waals surface area contributed by atoms with E-state index in [9.17, 15) is 15.0 Å². The molecule has 0 radical (unpaired) electrons. The summed E-state index contributed by atoms with van der Waals surface area (Å²) in [6.45, 7) is 1.51. The third-order valence-electron chi connectivity index (χ3n) is 6.52. The molecule has 12 heteroatoms. The maximum Gasteiger partial charge on any atom is 0.413 e. The maximum absolute atomic E-state index is 12.4. The highest BCUT2D eigenvalue weighted by molar-refractivity contribution is 5.93. The average Bonchev–Trinajstić information content (AvgIpc) is 3.50. The van der Waals surface area contributed by atoms with E-state index in [1.165, 1.54) is 12.7 Å². The van der Waals surface area contributed by atoms with E-state index >= 15 is 0 Å². The van der Waals surface area contributed by atoms with Gasteiger partial charge in [0, 0.05) is 0 Å². The smallest absolute Gasteiger partial charge is 0.413 e. The fourth-order valence-corrected chi connectivity index (χ4v) is 4.40. The number of nitrogens with one attached hydrogen (secondary N) is 1. The van der Waals surface area contributed by atoms with Gasteiger partial charge in [0.15, 0.2) is 23.2 Å². The Labute approximate surface area is 224 Å².